The highest BCUT2D eigenvalue weighted by molar-refractivity contribution is 5.92. The SMILES string of the molecule is CCN(CC(=O)Nc1ccc(OC(F)F)cc1)[C@@H]1CCN([C@H](C)c2ccccc2)C1. The summed E-state index contributed by atoms with van der Waals surface area (Å²) in [6.45, 7) is 4.44. The van der Waals surface area contributed by atoms with E-state index < -0.39 is 6.61 Å². The molecule has 1 heterocycles. The maximum Gasteiger partial charge on any atom is 0.387 e. The van der Waals surface area contributed by atoms with Gasteiger partial charge in [0.15, 0.2) is 0 Å². The van der Waals surface area contributed by atoms with Crippen molar-refractivity contribution in [2.24, 2.45) is 0 Å². The molecule has 1 aliphatic rings. The predicted octanol–water partition coefficient (Wildman–Crippen LogP) is 4.38. The molecule has 1 saturated heterocycles. The van der Waals surface area contributed by atoms with Crippen molar-refractivity contribution in [3.05, 3.63) is 60.2 Å². The Morgan fingerprint density at radius 1 is 1.20 bits per heavy atom. The van der Waals surface area contributed by atoms with Gasteiger partial charge in [0.25, 0.3) is 0 Å². The second-order valence-electron chi connectivity index (χ2n) is 7.54. The zero-order valence-electron chi connectivity index (χ0n) is 17.4. The molecule has 0 aliphatic carbocycles. The molecule has 0 radical (unpaired) electrons. The second-order valence-corrected chi connectivity index (χ2v) is 7.54. The molecule has 2 aromatic carbocycles. The number of ether oxygens (including phenoxy) is 1. The Balaban J connectivity index is 1.52. The number of likely N-dealkylation sites (N-methyl/N-ethyl adjacent to an activating group) is 1. The predicted molar refractivity (Wildman–Crippen MR) is 114 cm³/mol. The summed E-state index contributed by atoms with van der Waals surface area (Å²) < 4.78 is 28.8. The molecule has 7 heteroatoms. The maximum atomic E-state index is 12.5. The summed E-state index contributed by atoms with van der Waals surface area (Å²) in [4.78, 5) is 17.2. The Hall–Kier alpha value is -2.51. The third-order valence-electron chi connectivity index (χ3n) is 5.66. The molecule has 2 atom stereocenters. The van der Waals surface area contributed by atoms with E-state index in [0.717, 1.165) is 26.1 Å². The first kappa shape index (κ1) is 22.2. The monoisotopic (exact) mass is 417 g/mol. The van der Waals surface area contributed by atoms with Crippen molar-refractivity contribution < 1.29 is 18.3 Å². The van der Waals surface area contributed by atoms with Crippen molar-refractivity contribution in [2.75, 3.05) is 31.5 Å². The number of alkyl halides is 2. The van der Waals surface area contributed by atoms with Crippen molar-refractivity contribution in [3.8, 4) is 5.75 Å². The number of nitrogens with one attached hydrogen (secondary N) is 1. The largest absolute Gasteiger partial charge is 0.435 e. The fourth-order valence-corrected chi connectivity index (χ4v) is 3.96. The molecule has 1 fully saturated rings. The molecule has 3 rings (SSSR count). The van der Waals surface area contributed by atoms with Gasteiger partial charge in [-0.25, -0.2) is 0 Å². The average Bonchev–Trinajstić information content (AvgIpc) is 3.23. The van der Waals surface area contributed by atoms with Crippen LogP contribution in [0.5, 0.6) is 5.75 Å². The Labute approximate surface area is 176 Å². The molecule has 1 N–H and O–H groups in total. The number of nitrogens with zero attached hydrogens (tertiary/aromatic N) is 2. The molecular formula is C23H29F2N3O2. The van der Waals surface area contributed by atoms with Crippen molar-refractivity contribution in [3.63, 3.8) is 0 Å². The smallest absolute Gasteiger partial charge is 0.387 e. The third kappa shape index (κ3) is 6.00. The highest BCUT2D eigenvalue weighted by Gasteiger charge is 2.30. The minimum absolute atomic E-state index is 0.0665. The lowest BCUT2D eigenvalue weighted by atomic mass is 10.1. The normalized spacial score (nSPS) is 18.0. The Morgan fingerprint density at radius 3 is 2.53 bits per heavy atom. The van der Waals surface area contributed by atoms with E-state index in [-0.39, 0.29) is 11.7 Å². The Kier molecular flexibility index (Phi) is 7.76. The molecule has 0 unspecified atom stereocenters. The standard InChI is InChI=1S/C23H29F2N3O2/c1-3-27(16-22(29)26-19-9-11-21(12-10-19)30-23(24)25)20-13-14-28(15-20)17(2)18-7-5-4-6-8-18/h4-12,17,20,23H,3,13-16H2,1-2H3,(H,26,29)/t17-,20-/m1/s1. The van der Waals surface area contributed by atoms with Gasteiger partial charge in [-0.1, -0.05) is 37.3 Å². The van der Waals surface area contributed by atoms with Gasteiger partial charge in [-0.15, -0.1) is 0 Å². The van der Waals surface area contributed by atoms with Gasteiger partial charge in [-0.05, 0) is 49.7 Å². The van der Waals surface area contributed by atoms with Crippen LogP contribution in [0.4, 0.5) is 14.5 Å². The Morgan fingerprint density at radius 2 is 1.90 bits per heavy atom. The summed E-state index contributed by atoms with van der Waals surface area (Å²) >= 11 is 0. The molecule has 30 heavy (non-hydrogen) atoms. The molecular weight excluding hydrogens is 388 g/mol. The van der Waals surface area contributed by atoms with Gasteiger partial charge in [-0.2, -0.15) is 8.78 Å². The van der Waals surface area contributed by atoms with Crippen LogP contribution in [0.2, 0.25) is 0 Å². The quantitative estimate of drug-likeness (QED) is 0.658. The first-order valence-corrected chi connectivity index (χ1v) is 10.3. The summed E-state index contributed by atoms with van der Waals surface area (Å²) in [6.07, 6.45) is 1.03. The van der Waals surface area contributed by atoms with Crippen LogP contribution in [0.15, 0.2) is 54.6 Å². The first-order valence-electron chi connectivity index (χ1n) is 10.3. The molecule has 2 aromatic rings. The average molecular weight is 418 g/mol. The first-order chi connectivity index (χ1) is 14.5. The van der Waals surface area contributed by atoms with E-state index in [0.29, 0.717) is 24.3 Å². The van der Waals surface area contributed by atoms with E-state index in [9.17, 15) is 13.6 Å². The summed E-state index contributed by atoms with van der Waals surface area (Å²) in [5, 5.41) is 2.83. The van der Waals surface area contributed by atoms with E-state index in [1.54, 1.807) is 12.1 Å². The van der Waals surface area contributed by atoms with Gasteiger partial charge in [0, 0.05) is 30.9 Å². The van der Waals surface area contributed by atoms with Gasteiger partial charge >= 0.3 is 6.61 Å². The van der Waals surface area contributed by atoms with E-state index in [1.165, 1.54) is 17.7 Å². The molecule has 0 spiro atoms. The van der Waals surface area contributed by atoms with Crippen LogP contribution in [-0.4, -0.2) is 54.5 Å². The number of halogens is 2. The number of rotatable bonds is 9. The number of benzene rings is 2. The number of likely N-dealkylation sites (tertiary alicyclic amines) is 1. The van der Waals surface area contributed by atoms with E-state index in [2.05, 4.69) is 58.0 Å². The minimum Gasteiger partial charge on any atom is -0.435 e. The molecule has 1 aliphatic heterocycles. The minimum atomic E-state index is -2.86. The van der Waals surface area contributed by atoms with Gasteiger partial charge in [0.1, 0.15) is 5.75 Å². The van der Waals surface area contributed by atoms with Gasteiger partial charge in [0.05, 0.1) is 6.54 Å². The van der Waals surface area contributed by atoms with E-state index in [4.69, 9.17) is 0 Å². The highest BCUT2D eigenvalue weighted by Crippen LogP contribution is 2.26. The van der Waals surface area contributed by atoms with Crippen molar-refractivity contribution in [2.45, 2.75) is 39.0 Å². The molecule has 162 valence electrons. The maximum absolute atomic E-state index is 12.5. The molecule has 0 bridgehead atoms. The van der Waals surface area contributed by atoms with Crippen molar-refractivity contribution in [1.82, 2.24) is 9.80 Å². The van der Waals surface area contributed by atoms with Crippen LogP contribution in [0, 0.1) is 0 Å². The summed E-state index contributed by atoms with van der Waals surface area (Å²) in [6, 6.07) is 17.1. The zero-order valence-corrected chi connectivity index (χ0v) is 17.4. The molecule has 5 nitrogen and oxygen atoms in total. The fourth-order valence-electron chi connectivity index (χ4n) is 3.96. The Bertz CT molecular complexity index is 802. The summed E-state index contributed by atoms with van der Waals surface area (Å²) in [5.41, 5.74) is 1.86. The fraction of sp³-hybridized carbons (Fsp3) is 0.435. The summed E-state index contributed by atoms with van der Waals surface area (Å²) in [5.74, 6) is -0.0503. The van der Waals surface area contributed by atoms with E-state index in [1.807, 2.05) is 6.07 Å². The topological polar surface area (TPSA) is 44.8 Å². The van der Waals surface area contributed by atoms with Crippen LogP contribution in [0.3, 0.4) is 0 Å². The number of carbonyl (C=O) groups excluding carboxylic acids is 1. The van der Waals surface area contributed by atoms with E-state index >= 15 is 0 Å². The number of anilines is 1. The van der Waals surface area contributed by atoms with Crippen LogP contribution < -0.4 is 10.1 Å². The third-order valence-corrected chi connectivity index (χ3v) is 5.66. The van der Waals surface area contributed by atoms with Gasteiger partial charge in [0.2, 0.25) is 5.91 Å². The van der Waals surface area contributed by atoms with Gasteiger partial charge < -0.3 is 10.1 Å². The highest BCUT2D eigenvalue weighted by atomic mass is 19.3. The molecule has 0 saturated carbocycles. The number of carbonyl (C=O) groups is 1. The van der Waals surface area contributed by atoms with Crippen LogP contribution in [0.1, 0.15) is 31.9 Å². The summed E-state index contributed by atoms with van der Waals surface area (Å²) in [7, 11) is 0. The van der Waals surface area contributed by atoms with Crippen molar-refractivity contribution >= 4 is 11.6 Å². The molecule has 0 aromatic heterocycles. The lowest BCUT2D eigenvalue weighted by Gasteiger charge is -2.29. The van der Waals surface area contributed by atoms with Gasteiger partial charge in [-0.3, -0.25) is 14.6 Å². The lowest BCUT2D eigenvalue weighted by molar-refractivity contribution is -0.117. The number of amides is 1. The van der Waals surface area contributed by atoms with Crippen LogP contribution in [0.25, 0.3) is 0 Å². The second kappa shape index (κ2) is 10.5. The van der Waals surface area contributed by atoms with Crippen molar-refractivity contribution in [1.29, 1.82) is 0 Å². The van der Waals surface area contributed by atoms with Crippen LogP contribution in [-0.2, 0) is 4.79 Å². The number of hydrogen-bond acceptors (Lipinski definition) is 4. The number of hydrogen-bond donors (Lipinski definition) is 1. The van der Waals surface area contributed by atoms with Crippen LogP contribution >= 0.6 is 0 Å². The zero-order chi connectivity index (χ0) is 21.5. The lowest BCUT2D eigenvalue weighted by Crippen LogP contribution is -2.42. The molecule has 1 amide bonds.